The third-order valence-electron chi connectivity index (χ3n) is 3.81. The van der Waals surface area contributed by atoms with Gasteiger partial charge in [-0.15, -0.1) is 0 Å². The van der Waals surface area contributed by atoms with Crippen molar-refractivity contribution in [3.63, 3.8) is 0 Å². The molecule has 2 N–H and O–H groups in total. The number of benzene rings is 1. The first-order chi connectivity index (χ1) is 9.72. The second kappa shape index (κ2) is 7.53. The molecule has 1 fully saturated rings. The molecule has 0 spiro atoms. The van der Waals surface area contributed by atoms with Crippen LogP contribution in [-0.4, -0.2) is 19.3 Å². The Balaban J connectivity index is 1.97. The van der Waals surface area contributed by atoms with Crippen LogP contribution >= 0.6 is 0 Å². The SMILES string of the molecule is CCOc1cc(CC(N)CC)ccc1OCCC1CC1. The highest BCUT2D eigenvalue weighted by molar-refractivity contribution is 5.43. The molecule has 1 aromatic carbocycles. The molecule has 20 heavy (non-hydrogen) atoms. The predicted molar refractivity (Wildman–Crippen MR) is 82.4 cm³/mol. The number of hydrogen-bond donors (Lipinski definition) is 1. The first kappa shape index (κ1) is 15.2. The molecule has 3 nitrogen and oxygen atoms in total. The molecule has 1 aliphatic carbocycles. The van der Waals surface area contributed by atoms with Gasteiger partial charge in [0.15, 0.2) is 11.5 Å². The van der Waals surface area contributed by atoms with Crippen molar-refractivity contribution >= 4 is 0 Å². The summed E-state index contributed by atoms with van der Waals surface area (Å²) < 4.78 is 11.6. The van der Waals surface area contributed by atoms with Gasteiger partial charge < -0.3 is 15.2 Å². The van der Waals surface area contributed by atoms with Gasteiger partial charge in [-0.05, 0) is 49.8 Å². The molecule has 0 aromatic heterocycles. The molecule has 1 atom stereocenters. The van der Waals surface area contributed by atoms with E-state index >= 15 is 0 Å². The summed E-state index contributed by atoms with van der Waals surface area (Å²) in [4.78, 5) is 0. The van der Waals surface area contributed by atoms with Gasteiger partial charge in [0, 0.05) is 6.04 Å². The second-order valence-corrected chi connectivity index (χ2v) is 5.67. The molecule has 2 rings (SSSR count). The highest BCUT2D eigenvalue weighted by Crippen LogP contribution is 2.34. The normalized spacial score (nSPS) is 15.9. The maximum atomic E-state index is 6.02. The van der Waals surface area contributed by atoms with Crippen LogP contribution < -0.4 is 15.2 Å². The molecule has 0 radical (unpaired) electrons. The van der Waals surface area contributed by atoms with Gasteiger partial charge in [0.1, 0.15) is 0 Å². The fourth-order valence-corrected chi connectivity index (χ4v) is 2.26. The summed E-state index contributed by atoms with van der Waals surface area (Å²) in [7, 11) is 0. The zero-order valence-corrected chi connectivity index (χ0v) is 12.7. The average molecular weight is 277 g/mol. The standard InChI is InChI=1S/C17H27NO2/c1-3-15(18)11-14-7-8-16(17(12-14)19-4-2)20-10-9-13-5-6-13/h7-8,12-13,15H,3-6,9-11,18H2,1-2H3. The van der Waals surface area contributed by atoms with Crippen LogP contribution in [0.25, 0.3) is 0 Å². The van der Waals surface area contributed by atoms with Crippen LogP contribution in [0.15, 0.2) is 18.2 Å². The summed E-state index contributed by atoms with van der Waals surface area (Å²) in [5.74, 6) is 2.61. The Morgan fingerprint density at radius 2 is 2.00 bits per heavy atom. The van der Waals surface area contributed by atoms with Crippen molar-refractivity contribution in [1.29, 1.82) is 0 Å². The molecule has 1 aliphatic rings. The fourth-order valence-electron chi connectivity index (χ4n) is 2.26. The van der Waals surface area contributed by atoms with E-state index in [9.17, 15) is 0 Å². The lowest BCUT2D eigenvalue weighted by atomic mass is 10.0. The Labute approximate surface area is 122 Å². The smallest absolute Gasteiger partial charge is 0.161 e. The van der Waals surface area contributed by atoms with Crippen molar-refractivity contribution in [3.8, 4) is 11.5 Å². The van der Waals surface area contributed by atoms with Crippen molar-refractivity contribution < 1.29 is 9.47 Å². The topological polar surface area (TPSA) is 44.5 Å². The van der Waals surface area contributed by atoms with E-state index < -0.39 is 0 Å². The fraction of sp³-hybridized carbons (Fsp3) is 0.647. The number of rotatable bonds is 9. The van der Waals surface area contributed by atoms with Crippen LogP contribution in [0.4, 0.5) is 0 Å². The third kappa shape index (κ3) is 4.71. The average Bonchev–Trinajstić information content (AvgIpc) is 3.25. The largest absolute Gasteiger partial charge is 0.490 e. The van der Waals surface area contributed by atoms with Crippen LogP contribution in [0.3, 0.4) is 0 Å². The highest BCUT2D eigenvalue weighted by atomic mass is 16.5. The van der Waals surface area contributed by atoms with Gasteiger partial charge in [0.2, 0.25) is 0 Å². The lowest BCUT2D eigenvalue weighted by molar-refractivity contribution is 0.268. The summed E-state index contributed by atoms with van der Waals surface area (Å²) in [6, 6.07) is 6.41. The van der Waals surface area contributed by atoms with E-state index in [4.69, 9.17) is 15.2 Å². The Kier molecular flexibility index (Phi) is 5.72. The van der Waals surface area contributed by atoms with Crippen molar-refractivity contribution in [2.45, 2.75) is 52.0 Å². The molecule has 0 saturated heterocycles. The molecule has 0 amide bonds. The highest BCUT2D eigenvalue weighted by Gasteiger charge is 2.21. The molecule has 0 heterocycles. The van der Waals surface area contributed by atoms with Crippen LogP contribution in [0, 0.1) is 5.92 Å². The zero-order valence-electron chi connectivity index (χ0n) is 12.7. The van der Waals surface area contributed by atoms with E-state index in [1.54, 1.807) is 0 Å². The molecule has 3 heteroatoms. The van der Waals surface area contributed by atoms with E-state index in [-0.39, 0.29) is 6.04 Å². The van der Waals surface area contributed by atoms with Gasteiger partial charge in [-0.25, -0.2) is 0 Å². The quantitative estimate of drug-likeness (QED) is 0.751. The van der Waals surface area contributed by atoms with Gasteiger partial charge in [0.05, 0.1) is 13.2 Å². The zero-order chi connectivity index (χ0) is 14.4. The maximum Gasteiger partial charge on any atom is 0.161 e. The minimum Gasteiger partial charge on any atom is -0.490 e. The molecule has 112 valence electrons. The Hall–Kier alpha value is -1.22. The Morgan fingerprint density at radius 1 is 1.20 bits per heavy atom. The lowest BCUT2D eigenvalue weighted by Gasteiger charge is -2.15. The van der Waals surface area contributed by atoms with Crippen LogP contribution in [-0.2, 0) is 6.42 Å². The van der Waals surface area contributed by atoms with Gasteiger partial charge in [0.25, 0.3) is 0 Å². The molecule has 1 saturated carbocycles. The van der Waals surface area contributed by atoms with Crippen molar-refractivity contribution in [1.82, 2.24) is 0 Å². The number of ether oxygens (including phenoxy) is 2. The minimum atomic E-state index is 0.214. The van der Waals surface area contributed by atoms with Crippen LogP contribution in [0.1, 0.15) is 45.1 Å². The Bertz CT molecular complexity index is 415. The molecule has 0 bridgehead atoms. The number of nitrogens with two attached hydrogens (primary N) is 1. The predicted octanol–water partition coefficient (Wildman–Crippen LogP) is 3.54. The number of hydrogen-bond acceptors (Lipinski definition) is 3. The Morgan fingerprint density at radius 3 is 2.65 bits per heavy atom. The molecular formula is C17H27NO2. The summed E-state index contributed by atoms with van der Waals surface area (Å²) in [5, 5.41) is 0. The molecule has 1 aromatic rings. The van der Waals surface area contributed by atoms with E-state index in [1.807, 2.05) is 13.0 Å². The van der Waals surface area contributed by atoms with Gasteiger partial charge >= 0.3 is 0 Å². The first-order valence-corrected chi connectivity index (χ1v) is 7.87. The van der Waals surface area contributed by atoms with Gasteiger partial charge in [-0.1, -0.05) is 25.8 Å². The maximum absolute atomic E-state index is 6.02. The van der Waals surface area contributed by atoms with Crippen molar-refractivity contribution in [2.75, 3.05) is 13.2 Å². The second-order valence-electron chi connectivity index (χ2n) is 5.67. The first-order valence-electron chi connectivity index (χ1n) is 7.87. The van der Waals surface area contributed by atoms with Crippen molar-refractivity contribution in [2.24, 2.45) is 11.7 Å². The van der Waals surface area contributed by atoms with Gasteiger partial charge in [-0.2, -0.15) is 0 Å². The summed E-state index contributed by atoms with van der Waals surface area (Å²) in [5.41, 5.74) is 7.24. The van der Waals surface area contributed by atoms with E-state index in [0.717, 1.165) is 43.3 Å². The van der Waals surface area contributed by atoms with Crippen molar-refractivity contribution in [3.05, 3.63) is 23.8 Å². The minimum absolute atomic E-state index is 0.214. The lowest BCUT2D eigenvalue weighted by Crippen LogP contribution is -2.21. The summed E-state index contributed by atoms with van der Waals surface area (Å²) in [6.45, 7) is 5.56. The summed E-state index contributed by atoms with van der Waals surface area (Å²) in [6.07, 6.45) is 5.78. The summed E-state index contributed by atoms with van der Waals surface area (Å²) >= 11 is 0. The van der Waals surface area contributed by atoms with Gasteiger partial charge in [-0.3, -0.25) is 0 Å². The van der Waals surface area contributed by atoms with E-state index in [1.165, 1.54) is 18.4 Å². The van der Waals surface area contributed by atoms with Crippen LogP contribution in [0.2, 0.25) is 0 Å². The third-order valence-corrected chi connectivity index (χ3v) is 3.81. The monoisotopic (exact) mass is 277 g/mol. The van der Waals surface area contributed by atoms with E-state index in [0.29, 0.717) is 6.61 Å². The molecule has 0 aliphatic heterocycles. The molecule has 1 unspecified atom stereocenters. The van der Waals surface area contributed by atoms with Crippen LogP contribution in [0.5, 0.6) is 11.5 Å². The van der Waals surface area contributed by atoms with E-state index in [2.05, 4.69) is 19.1 Å². The molecular weight excluding hydrogens is 250 g/mol.